The number of carboxylic acids is 1. The second kappa shape index (κ2) is 8.20. The van der Waals surface area contributed by atoms with Crippen molar-refractivity contribution in [2.75, 3.05) is 5.75 Å². The summed E-state index contributed by atoms with van der Waals surface area (Å²) in [6, 6.07) is 17.6. The van der Waals surface area contributed by atoms with Crippen LogP contribution in [0.15, 0.2) is 71.4 Å². The summed E-state index contributed by atoms with van der Waals surface area (Å²) in [7, 11) is 0. The fraction of sp³-hybridized carbons (Fsp3) is 0.292. The number of nitrogens with zero attached hydrogens (tertiary/aromatic N) is 2. The van der Waals surface area contributed by atoms with Crippen LogP contribution in [0.2, 0.25) is 0 Å². The molecule has 0 spiro atoms. The number of hydrogen-bond acceptors (Lipinski definition) is 5. The second-order valence-electron chi connectivity index (χ2n) is 8.19. The Bertz CT molecular complexity index is 1160. The first-order valence-corrected chi connectivity index (χ1v) is 12.1. The maximum absolute atomic E-state index is 13.9. The van der Waals surface area contributed by atoms with Gasteiger partial charge >= 0.3 is 5.97 Å². The molecule has 2 N–H and O–H groups in total. The van der Waals surface area contributed by atoms with Crippen molar-refractivity contribution in [3.63, 3.8) is 0 Å². The molecule has 2 aromatic carbocycles. The van der Waals surface area contributed by atoms with Crippen LogP contribution in [-0.4, -0.2) is 49.9 Å². The van der Waals surface area contributed by atoms with E-state index in [9.17, 15) is 19.5 Å². The molecule has 3 aliphatic heterocycles. The number of rotatable bonds is 5. The van der Waals surface area contributed by atoms with Crippen molar-refractivity contribution < 1.29 is 19.5 Å². The molecule has 3 heterocycles. The van der Waals surface area contributed by atoms with Crippen LogP contribution in [0.5, 0.6) is 0 Å². The lowest BCUT2D eigenvalue weighted by Crippen LogP contribution is -2.73. The molecule has 0 radical (unpaired) electrons. The van der Waals surface area contributed by atoms with Crippen LogP contribution >= 0.6 is 23.4 Å². The minimum Gasteiger partial charge on any atom is -0.477 e. The quantitative estimate of drug-likeness (QED) is 0.634. The van der Waals surface area contributed by atoms with Gasteiger partial charge in [0.05, 0.1) is 5.03 Å². The lowest BCUT2D eigenvalue weighted by Gasteiger charge is -2.55. The second-order valence-corrected chi connectivity index (χ2v) is 9.75. The van der Waals surface area contributed by atoms with Crippen molar-refractivity contribution >= 4 is 41.1 Å². The molecule has 0 saturated carbocycles. The molecule has 0 bridgehead atoms. The molecule has 0 aliphatic carbocycles. The van der Waals surface area contributed by atoms with Crippen LogP contribution in [-0.2, 0) is 20.0 Å². The van der Waals surface area contributed by atoms with Gasteiger partial charge in [0, 0.05) is 5.75 Å². The Hall–Kier alpha value is -2.81. The van der Waals surface area contributed by atoms with E-state index in [1.807, 2.05) is 67.6 Å². The predicted octanol–water partition coefficient (Wildman–Crippen LogP) is 3.24. The summed E-state index contributed by atoms with van der Waals surface area (Å²) in [4.78, 5) is 42.0. The smallest absolute Gasteiger partial charge is 0.353 e. The molecule has 0 aromatic heterocycles. The minimum absolute atomic E-state index is 0.133. The molecule has 2 aromatic rings. The first-order chi connectivity index (χ1) is 15.9. The standard InChI is InChI=1S/C24H22ClN3O4S/c1-2-24(15-11-7-4-8-12-15)26-17(14-9-5-3-6-10-14)20(29)28(24)19-21(30)27-18(23(31)32)16(25)13-33-22(19)27/h3-12,17,19,22,26H,2,13H2,1H3,(H,31,32)/t17?,19-,22-,24?/m1/s1. The highest BCUT2D eigenvalue weighted by Crippen LogP contribution is 2.49. The number of aliphatic carboxylic acids is 1. The van der Waals surface area contributed by atoms with Crippen LogP contribution in [0.25, 0.3) is 0 Å². The number of fused-ring (bicyclic) bond motifs is 1. The summed E-state index contributed by atoms with van der Waals surface area (Å²) < 4.78 is 0. The van der Waals surface area contributed by atoms with Gasteiger partial charge in [-0.05, 0) is 17.5 Å². The van der Waals surface area contributed by atoms with E-state index in [2.05, 4.69) is 5.32 Å². The van der Waals surface area contributed by atoms with Crippen molar-refractivity contribution in [1.82, 2.24) is 15.1 Å². The SMILES string of the molecule is CCC1(c2ccccc2)NC(c2ccccc2)C(=O)N1[C@@H]1C(=O)N2C(C(=O)O)=C(Cl)CS[C@H]12. The van der Waals surface area contributed by atoms with Crippen LogP contribution < -0.4 is 5.32 Å². The first kappa shape index (κ1) is 22.0. The Morgan fingerprint density at radius 3 is 2.36 bits per heavy atom. The number of nitrogens with one attached hydrogen (secondary N) is 1. The van der Waals surface area contributed by atoms with E-state index in [1.54, 1.807) is 4.90 Å². The summed E-state index contributed by atoms with van der Waals surface area (Å²) >= 11 is 7.52. The third-order valence-electron chi connectivity index (χ3n) is 6.55. The Morgan fingerprint density at radius 2 is 1.76 bits per heavy atom. The highest BCUT2D eigenvalue weighted by Gasteiger charge is 2.64. The molecular formula is C24H22ClN3O4S. The van der Waals surface area contributed by atoms with Crippen molar-refractivity contribution in [1.29, 1.82) is 0 Å². The zero-order valence-corrected chi connectivity index (χ0v) is 19.3. The van der Waals surface area contributed by atoms with Crippen LogP contribution in [0, 0.1) is 0 Å². The molecule has 2 unspecified atom stereocenters. The minimum atomic E-state index is -1.24. The van der Waals surface area contributed by atoms with E-state index in [-0.39, 0.29) is 22.4 Å². The Morgan fingerprint density at radius 1 is 1.12 bits per heavy atom. The predicted molar refractivity (Wildman–Crippen MR) is 125 cm³/mol. The number of carboxylic acid groups (broad SMARTS) is 1. The number of halogens is 1. The Labute approximate surface area is 200 Å². The third-order valence-corrected chi connectivity index (χ3v) is 8.29. The lowest BCUT2D eigenvalue weighted by molar-refractivity contribution is -0.164. The fourth-order valence-electron chi connectivity index (χ4n) is 5.02. The number of carbonyl (C=O) groups is 3. The number of carbonyl (C=O) groups excluding carboxylic acids is 2. The monoisotopic (exact) mass is 483 g/mol. The summed E-state index contributed by atoms with van der Waals surface area (Å²) in [6.45, 7) is 1.97. The van der Waals surface area contributed by atoms with Gasteiger partial charge in [-0.3, -0.25) is 19.8 Å². The van der Waals surface area contributed by atoms with Gasteiger partial charge in [0.15, 0.2) is 0 Å². The zero-order valence-electron chi connectivity index (χ0n) is 17.8. The molecule has 2 saturated heterocycles. The van der Waals surface area contributed by atoms with Gasteiger partial charge in [-0.25, -0.2) is 4.79 Å². The highest BCUT2D eigenvalue weighted by atomic mass is 35.5. The highest BCUT2D eigenvalue weighted by molar-refractivity contribution is 8.00. The van der Waals surface area contributed by atoms with E-state index in [0.29, 0.717) is 6.42 Å². The van der Waals surface area contributed by atoms with Crippen molar-refractivity contribution in [3.8, 4) is 0 Å². The van der Waals surface area contributed by atoms with Crippen molar-refractivity contribution in [3.05, 3.63) is 82.5 Å². The lowest BCUT2D eigenvalue weighted by atomic mass is 9.91. The maximum atomic E-state index is 13.9. The van der Waals surface area contributed by atoms with Crippen LogP contribution in [0.1, 0.15) is 30.5 Å². The molecule has 5 rings (SSSR count). The Balaban J connectivity index is 1.61. The topological polar surface area (TPSA) is 90.0 Å². The average Bonchev–Trinajstić information content (AvgIpc) is 3.13. The summed E-state index contributed by atoms with van der Waals surface area (Å²) in [6.07, 6.45) is 0.523. The summed E-state index contributed by atoms with van der Waals surface area (Å²) in [5.74, 6) is -1.60. The van der Waals surface area contributed by atoms with E-state index >= 15 is 0 Å². The van der Waals surface area contributed by atoms with Crippen LogP contribution in [0.4, 0.5) is 0 Å². The largest absolute Gasteiger partial charge is 0.477 e. The molecular weight excluding hydrogens is 462 g/mol. The van der Waals surface area contributed by atoms with Gasteiger partial charge in [0.25, 0.3) is 5.91 Å². The number of β-lactam (4-membered cyclic amide) rings is 1. The molecule has 33 heavy (non-hydrogen) atoms. The summed E-state index contributed by atoms with van der Waals surface area (Å²) in [5.41, 5.74) is 0.578. The van der Waals surface area contributed by atoms with Gasteiger partial charge in [0.1, 0.15) is 28.8 Å². The molecule has 2 fully saturated rings. The number of benzene rings is 2. The maximum Gasteiger partial charge on any atom is 0.353 e. The summed E-state index contributed by atoms with van der Waals surface area (Å²) in [5, 5.41) is 12.8. The van der Waals surface area contributed by atoms with E-state index in [1.165, 1.54) is 16.7 Å². The normalized spacial score (nSPS) is 29.2. The van der Waals surface area contributed by atoms with Crippen molar-refractivity contribution in [2.24, 2.45) is 0 Å². The Kier molecular flexibility index (Phi) is 5.47. The van der Waals surface area contributed by atoms with Gasteiger partial charge in [-0.2, -0.15) is 0 Å². The van der Waals surface area contributed by atoms with Crippen molar-refractivity contribution in [2.45, 2.75) is 36.5 Å². The third kappa shape index (κ3) is 3.19. The zero-order chi connectivity index (χ0) is 23.3. The number of hydrogen-bond donors (Lipinski definition) is 2. The molecule has 9 heteroatoms. The van der Waals surface area contributed by atoms with E-state index in [0.717, 1.165) is 11.1 Å². The average molecular weight is 484 g/mol. The number of thioether (sulfide) groups is 1. The van der Waals surface area contributed by atoms with E-state index < -0.39 is 35.0 Å². The van der Waals surface area contributed by atoms with Crippen LogP contribution in [0.3, 0.4) is 0 Å². The van der Waals surface area contributed by atoms with Gasteiger partial charge < -0.3 is 10.0 Å². The molecule has 4 atom stereocenters. The van der Waals surface area contributed by atoms with Gasteiger partial charge in [-0.15, -0.1) is 11.8 Å². The molecule has 3 aliphatic rings. The number of amides is 2. The fourth-order valence-corrected chi connectivity index (χ4v) is 6.62. The first-order valence-electron chi connectivity index (χ1n) is 10.7. The molecule has 7 nitrogen and oxygen atoms in total. The molecule has 2 amide bonds. The van der Waals surface area contributed by atoms with E-state index in [4.69, 9.17) is 11.6 Å². The van der Waals surface area contributed by atoms with Gasteiger partial charge in [-0.1, -0.05) is 79.2 Å². The molecule has 170 valence electrons. The van der Waals surface area contributed by atoms with Gasteiger partial charge in [0.2, 0.25) is 5.91 Å².